The molecular formula is C13H25N3O11S. The zero-order valence-electron chi connectivity index (χ0n) is 15.3. The van der Waals surface area contributed by atoms with Crippen molar-refractivity contribution in [1.82, 2.24) is 5.17 Å². The Balaban J connectivity index is 0. The first-order chi connectivity index (χ1) is 12.8. The van der Waals surface area contributed by atoms with Gasteiger partial charge in [0.15, 0.2) is 5.50 Å². The fourth-order valence-corrected chi connectivity index (χ4v) is 1.88. The number of hydrogen-bond donors (Lipinski definition) is 7. The van der Waals surface area contributed by atoms with Crippen molar-refractivity contribution in [3.63, 3.8) is 0 Å². The largest absolute Gasteiger partial charge is 0.481 e. The molecule has 1 fully saturated rings. The number of rotatable bonds is 3. The van der Waals surface area contributed by atoms with Gasteiger partial charge >= 0.3 is 0 Å². The molecule has 15 heteroatoms. The van der Waals surface area contributed by atoms with Gasteiger partial charge < -0.3 is 35.4 Å². The lowest BCUT2D eigenvalue weighted by atomic mass is 10.1. The molecule has 0 aliphatic carbocycles. The number of hydrogen-bond acceptors (Lipinski definition) is 12. The van der Waals surface area contributed by atoms with Gasteiger partial charge in [-0.15, -0.1) is 5.17 Å². The second-order valence-electron chi connectivity index (χ2n) is 4.92. The van der Waals surface area contributed by atoms with Gasteiger partial charge in [0.25, 0.3) is 17.9 Å². The van der Waals surface area contributed by atoms with Crippen LogP contribution in [0, 0.1) is 0 Å². The van der Waals surface area contributed by atoms with Gasteiger partial charge in [-0.05, 0) is 0 Å². The van der Waals surface area contributed by atoms with Gasteiger partial charge in [0.2, 0.25) is 6.29 Å². The molecule has 0 aromatic heterocycles. The van der Waals surface area contributed by atoms with Crippen LogP contribution in [0.1, 0.15) is 20.8 Å². The molecule has 2 heterocycles. The van der Waals surface area contributed by atoms with Crippen molar-refractivity contribution < 1.29 is 54.6 Å². The van der Waals surface area contributed by atoms with Gasteiger partial charge in [-0.1, -0.05) is 11.8 Å². The summed E-state index contributed by atoms with van der Waals surface area (Å²) in [5.74, 6) is -2.50. The Labute approximate surface area is 164 Å². The van der Waals surface area contributed by atoms with Crippen LogP contribution >= 0.6 is 11.8 Å². The molecule has 1 unspecified atom stereocenters. The normalized spacial score (nSPS) is 27.4. The third kappa shape index (κ3) is 14.1. The molecule has 0 aromatic carbocycles. The van der Waals surface area contributed by atoms with Crippen LogP contribution in [0.15, 0.2) is 5.10 Å². The molecule has 0 saturated carbocycles. The fourth-order valence-electron chi connectivity index (χ4n) is 1.40. The number of aliphatic hydroxyl groups is 3. The lowest BCUT2D eigenvalue weighted by Crippen LogP contribution is -2.40. The Bertz CT molecular complexity index is 481. The monoisotopic (exact) mass is 431 g/mol. The molecule has 164 valence electrons. The Morgan fingerprint density at radius 1 is 1.11 bits per heavy atom. The first-order valence-electron chi connectivity index (χ1n) is 7.43. The van der Waals surface area contributed by atoms with E-state index in [4.69, 9.17) is 50.1 Å². The van der Waals surface area contributed by atoms with Crippen molar-refractivity contribution in [3.05, 3.63) is 0 Å². The SMILES string of the molecule is CC(=O)O.CC(=O)O.CC(=O)O.NC1SC=NN1O[C@@H]1O[C@H](CO)[C@@H](O)[C@H]1O. The molecule has 2 rings (SSSR count). The minimum atomic E-state index is -1.25. The summed E-state index contributed by atoms with van der Waals surface area (Å²) in [6, 6.07) is 0. The van der Waals surface area contributed by atoms with Crippen molar-refractivity contribution in [3.8, 4) is 0 Å². The van der Waals surface area contributed by atoms with Crippen molar-refractivity contribution in [2.75, 3.05) is 6.61 Å². The van der Waals surface area contributed by atoms with Gasteiger partial charge in [0.1, 0.15) is 18.3 Å². The summed E-state index contributed by atoms with van der Waals surface area (Å²) >= 11 is 1.24. The number of carboxylic acids is 3. The highest BCUT2D eigenvalue weighted by Crippen LogP contribution is 2.25. The predicted octanol–water partition coefficient (Wildman–Crippen LogP) is -2.14. The maximum atomic E-state index is 9.57. The lowest BCUT2D eigenvalue weighted by Gasteiger charge is -2.23. The number of hydroxylamine groups is 1. The summed E-state index contributed by atoms with van der Waals surface area (Å²) in [6.07, 6.45) is -4.39. The van der Waals surface area contributed by atoms with Crippen LogP contribution in [0.2, 0.25) is 0 Å². The first-order valence-corrected chi connectivity index (χ1v) is 8.38. The minimum absolute atomic E-state index is 0.401. The summed E-state index contributed by atoms with van der Waals surface area (Å²) < 4.78 is 5.09. The number of thioether (sulfide) groups is 1. The molecule has 0 radical (unpaired) electrons. The molecule has 1 saturated heterocycles. The molecule has 5 atom stereocenters. The number of ether oxygens (including phenoxy) is 1. The predicted molar refractivity (Wildman–Crippen MR) is 94.7 cm³/mol. The number of carbonyl (C=O) groups is 3. The van der Waals surface area contributed by atoms with Gasteiger partial charge in [-0.2, -0.15) is 5.10 Å². The van der Waals surface area contributed by atoms with Gasteiger partial charge in [-0.3, -0.25) is 20.1 Å². The number of hydrazone groups is 1. The highest BCUT2D eigenvalue weighted by Gasteiger charge is 2.45. The molecule has 8 N–H and O–H groups in total. The Morgan fingerprint density at radius 2 is 1.54 bits per heavy atom. The highest BCUT2D eigenvalue weighted by atomic mass is 32.2. The van der Waals surface area contributed by atoms with E-state index < -0.39 is 54.6 Å². The second kappa shape index (κ2) is 15.0. The van der Waals surface area contributed by atoms with Crippen LogP contribution in [0.5, 0.6) is 0 Å². The zero-order chi connectivity index (χ0) is 22.4. The Morgan fingerprint density at radius 3 is 1.82 bits per heavy atom. The number of nitrogens with zero attached hydrogens (tertiary/aromatic N) is 2. The topological polar surface area (TPSA) is 233 Å². The number of nitrogens with two attached hydrogens (primary N) is 1. The number of carboxylic acid groups (broad SMARTS) is 3. The maximum absolute atomic E-state index is 9.57. The summed E-state index contributed by atoms with van der Waals surface area (Å²) in [7, 11) is 0. The van der Waals surface area contributed by atoms with E-state index in [0.717, 1.165) is 25.9 Å². The van der Waals surface area contributed by atoms with Gasteiger partial charge in [0.05, 0.1) is 12.2 Å². The third-order valence-electron chi connectivity index (χ3n) is 2.29. The Kier molecular flexibility index (Phi) is 15.1. The highest BCUT2D eigenvalue weighted by molar-refractivity contribution is 8.12. The first kappa shape index (κ1) is 28.2. The molecule has 0 amide bonds. The van der Waals surface area contributed by atoms with E-state index in [1.807, 2.05) is 0 Å². The summed E-state index contributed by atoms with van der Waals surface area (Å²) in [4.78, 5) is 32.1. The minimum Gasteiger partial charge on any atom is -0.481 e. The standard InChI is InChI=1S/C7H13N3O5S.3C2H4O2/c8-7-10(9-2-16-7)15-6-5(13)4(12)3(1-11)14-6;3*1-2(3)4/h2-7,11-13H,1,8H2;3*1H3,(H,3,4)/t3-,4-,5-,6+,7?;;;/m1.../s1. The van der Waals surface area contributed by atoms with Crippen molar-refractivity contribution in [2.24, 2.45) is 10.8 Å². The van der Waals surface area contributed by atoms with Crippen LogP contribution in [-0.2, 0) is 24.0 Å². The molecular weight excluding hydrogens is 406 g/mol. The summed E-state index contributed by atoms with van der Waals surface area (Å²) in [5.41, 5.74) is 6.57. The van der Waals surface area contributed by atoms with Crippen molar-refractivity contribution in [2.45, 2.75) is 50.9 Å². The van der Waals surface area contributed by atoms with Gasteiger partial charge in [-0.25, -0.2) is 4.84 Å². The molecule has 0 bridgehead atoms. The number of aliphatic hydroxyl groups excluding tert-OH is 3. The van der Waals surface area contributed by atoms with Crippen LogP contribution < -0.4 is 5.73 Å². The van der Waals surface area contributed by atoms with Crippen LogP contribution in [0.3, 0.4) is 0 Å². The summed E-state index contributed by atoms with van der Waals surface area (Å²) in [6.45, 7) is 2.85. The molecule has 2 aliphatic heterocycles. The average molecular weight is 431 g/mol. The molecule has 14 nitrogen and oxygen atoms in total. The second-order valence-corrected chi connectivity index (χ2v) is 5.89. The Hall–Kier alpha value is -2.01. The molecule has 0 spiro atoms. The quantitative estimate of drug-likeness (QED) is 0.253. The van der Waals surface area contributed by atoms with Crippen molar-refractivity contribution in [1.29, 1.82) is 0 Å². The number of aliphatic carboxylic acids is 3. The molecule has 28 heavy (non-hydrogen) atoms. The average Bonchev–Trinajstić information content (AvgIpc) is 3.04. The van der Waals surface area contributed by atoms with Crippen LogP contribution in [0.4, 0.5) is 0 Å². The lowest BCUT2D eigenvalue weighted by molar-refractivity contribution is -0.296. The van der Waals surface area contributed by atoms with E-state index in [-0.39, 0.29) is 0 Å². The van der Waals surface area contributed by atoms with E-state index in [0.29, 0.717) is 0 Å². The summed E-state index contributed by atoms with van der Waals surface area (Å²) in [5, 5.41) is 55.0. The van der Waals surface area contributed by atoms with E-state index >= 15 is 0 Å². The third-order valence-corrected chi connectivity index (χ3v) is 2.96. The van der Waals surface area contributed by atoms with Crippen molar-refractivity contribution >= 4 is 35.2 Å². The molecule has 0 aromatic rings. The van der Waals surface area contributed by atoms with E-state index in [2.05, 4.69) is 5.10 Å². The van der Waals surface area contributed by atoms with Gasteiger partial charge in [0, 0.05) is 20.8 Å². The van der Waals surface area contributed by atoms with E-state index in [1.165, 1.54) is 17.3 Å². The zero-order valence-corrected chi connectivity index (χ0v) is 16.1. The van der Waals surface area contributed by atoms with E-state index in [1.54, 1.807) is 0 Å². The fraction of sp³-hybridized carbons (Fsp3) is 0.692. The van der Waals surface area contributed by atoms with Crippen LogP contribution in [0.25, 0.3) is 0 Å². The van der Waals surface area contributed by atoms with Crippen LogP contribution in [-0.4, -0.2) is 96.0 Å². The maximum Gasteiger partial charge on any atom is 0.300 e. The van der Waals surface area contributed by atoms with E-state index in [9.17, 15) is 10.2 Å². The smallest absolute Gasteiger partial charge is 0.300 e. The molecule has 2 aliphatic rings.